The Morgan fingerprint density at radius 1 is 1.45 bits per heavy atom. The van der Waals surface area contributed by atoms with Gasteiger partial charge in [-0.15, -0.1) is 21.5 Å². The first-order valence-corrected chi connectivity index (χ1v) is 8.49. The van der Waals surface area contributed by atoms with Gasteiger partial charge in [-0.05, 0) is 25.3 Å². The molecule has 0 radical (unpaired) electrons. The maximum absolute atomic E-state index is 11.9. The normalized spacial score (nSPS) is 12.0. The molecule has 2 aromatic rings. The molecule has 0 saturated heterocycles. The van der Waals surface area contributed by atoms with Gasteiger partial charge in [-0.25, -0.2) is 4.79 Å². The highest BCUT2D eigenvalue weighted by Crippen LogP contribution is 2.28. The van der Waals surface area contributed by atoms with Crippen molar-refractivity contribution in [3.05, 3.63) is 17.5 Å². The van der Waals surface area contributed by atoms with E-state index in [4.69, 9.17) is 0 Å². The van der Waals surface area contributed by atoms with E-state index in [9.17, 15) is 9.59 Å². The van der Waals surface area contributed by atoms with Crippen LogP contribution in [0.2, 0.25) is 0 Å². The molecule has 3 amide bonds. The first-order valence-electron chi connectivity index (χ1n) is 6.73. The molecule has 0 saturated carbocycles. The average Bonchev–Trinajstić information content (AvgIpc) is 3.15. The number of hydrogen-bond donors (Lipinski definition) is 2. The Labute approximate surface area is 136 Å². The van der Waals surface area contributed by atoms with E-state index in [-0.39, 0.29) is 5.91 Å². The third-order valence-electron chi connectivity index (χ3n) is 2.89. The van der Waals surface area contributed by atoms with Gasteiger partial charge in [0.15, 0.2) is 11.0 Å². The van der Waals surface area contributed by atoms with Gasteiger partial charge in [0.2, 0.25) is 5.91 Å². The molecule has 1 atom stereocenters. The lowest BCUT2D eigenvalue weighted by molar-refractivity contribution is -0.119. The quantitative estimate of drug-likeness (QED) is 0.813. The van der Waals surface area contributed by atoms with Crippen molar-refractivity contribution in [3.8, 4) is 10.7 Å². The fourth-order valence-electron chi connectivity index (χ4n) is 1.74. The van der Waals surface area contributed by atoms with E-state index in [0.717, 1.165) is 10.7 Å². The van der Waals surface area contributed by atoms with Crippen molar-refractivity contribution in [2.24, 2.45) is 0 Å². The van der Waals surface area contributed by atoms with Gasteiger partial charge in [0.05, 0.1) is 10.1 Å². The summed E-state index contributed by atoms with van der Waals surface area (Å²) in [5.41, 5.74) is 0. The summed E-state index contributed by atoms with van der Waals surface area (Å²) in [5.74, 6) is 0.423. The van der Waals surface area contributed by atoms with Crippen LogP contribution in [-0.2, 0) is 11.3 Å². The summed E-state index contributed by atoms with van der Waals surface area (Å²) in [6.45, 7) is 4.43. The van der Waals surface area contributed by atoms with Gasteiger partial charge < -0.3 is 9.88 Å². The molecule has 0 aliphatic rings. The van der Waals surface area contributed by atoms with E-state index in [0.29, 0.717) is 11.7 Å². The molecule has 22 heavy (non-hydrogen) atoms. The van der Waals surface area contributed by atoms with Crippen LogP contribution in [0.5, 0.6) is 0 Å². The third-order valence-corrected chi connectivity index (χ3v) is 4.84. The van der Waals surface area contributed by atoms with Crippen LogP contribution in [0.4, 0.5) is 4.79 Å². The van der Waals surface area contributed by atoms with Crippen molar-refractivity contribution in [2.45, 2.75) is 30.8 Å². The second-order valence-electron chi connectivity index (χ2n) is 4.36. The number of aromatic nitrogens is 3. The fraction of sp³-hybridized carbons (Fsp3) is 0.385. The molecule has 0 fully saturated rings. The van der Waals surface area contributed by atoms with Crippen molar-refractivity contribution >= 4 is 35.0 Å². The number of nitrogens with zero attached hydrogens (tertiary/aromatic N) is 3. The summed E-state index contributed by atoms with van der Waals surface area (Å²) >= 11 is 2.87. The molecule has 9 heteroatoms. The first-order chi connectivity index (χ1) is 10.6. The maximum Gasteiger partial charge on any atom is 0.321 e. The molecule has 0 aromatic carbocycles. The zero-order valence-electron chi connectivity index (χ0n) is 12.5. The Morgan fingerprint density at radius 3 is 2.82 bits per heavy atom. The van der Waals surface area contributed by atoms with E-state index in [1.54, 1.807) is 18.3 Å². The second-order valence-corrected chi connectivity index (χ2v) is 6.61. The van der Waals surface area contributed by atoms with Gasteiger partial charge >= 0.3 is 6.03 Å². The number of rotatable bonds is 5. The summed E-state index contributed by atoms with van der Waals surface area (Å²) in [5, 5.41) is 15.2. The zero-order valence-corrected chi connectivity index (χ0v) is 14.1. The summed E-state index contributed by atoms with van der Waals surface area (Å²) in [7, 11) is 1.46. The van der Waals surface area contributed by atoms with Gasteiger partial charge in [-0.1, -0.05) is 17.8 Å². The molecule has 0 aliphatic heterocycles. The molecule has 0 bridgehead atoms. The van der Waals surface area contributed by atoms with E-state index >= 15 is 0 Å². The number of thiophene rings is 1. The number of carbonyl (C=O) groups is 2. The molecule has 2 heterocycles. The lowest BCUT2D eigenvalue weighted by atomic mass is 10.4. The number of hydrogen-bond acceptors (Lipinski definition) is 6. The smallest absolute Gasteiger partial charge is 0.321 e. The van der Waals surface area contributed by atoms with Gasteiger partial charge in [-0.2, -0.15) is 0 Å². The van der Waals surface area contributed by atoms with Gasteiger partial charge in [0.1, 0.15) is 0 Å². The van der Waals surface area contributed by atoms with Gasteiger partial charge in [0.25, 0.3) is 0 Å². The molecule has 2 aromatic heterocycles. The monoisotopic (exact) mass is 339 g/mol. The highest BCUT2D eigenvalue weighted by atomic mass is 32.2. The lowest BCUT2D eigenvalue weighted by Gasteiger charge is -2.11. The van der Waals surface area contributed by atoms with Gasteiger partial charge in [0, 0.05) is 13.6 Å². The van der Waals surface area contributed by atoms with E-state index in [1.807, 2.05) is 29.0 Å². The van der Waals surface area contributed by atoms with Crippen LogP contribution in [0.15, 0.2) is 22.7 Å². The Kier molecular flexibility index (Phi) is 5.56. The number of nitrogens with one attached hydrogen (secondary N) is 2. The summed E-state index contributed by atoms with van der Waals surface area (Å²) < 4.78 is 1.96. The zero-order chi connectivity index (χ0) is 16.1. The second kappa shape index (κ2) is 7.41. The minimum Gasteiger partial charge on any atom is -0.341 e. The Bertz CT molecular complexity index is 653. The van der Waals surface area contributed by atoms with Crippen LogP contribution < -0.4 is 10.6 Å². The van der Waals surface area contributed by atoms with Crippen molar-refractivity contribution in [3.63, 3.8) is 0 Å². The van der Waals surface area contributed by atoms with Crippen LogP contribution in [0.1, 0.15) is 13.8 Å². The SMILES string of the molecule is CCn1c(S[C@@H](C)C(=O)NC(=O)NC)nnc1-c1cccs1. The van der Waals surface area contributed by atoms with Crippen molar-refractivity contribution in [1.82, 2.24) is 25.4 Å². The Hall–Kier alpha value is -1.87. The fourth-order valence-corrected chi connectivity index (χ4v) is 3.37. The van der Waals surface area contributed by atoms with E-state index in [1.165, 1.54) is 18.8 Å². The number of urea groups is 1. The molecule has 0 spiro atoms. The minimum atomic E-state index is -0.520. The average molecular weight is 339 g/mol. The lowest BCUT2D eigenvalue weighted by Crippen LogP contribution is -2.41. The number of carbonyl (C=O) groups excluding carboxylic acids is 2. The predicted molar refractivity (Wildman–Crippen MR) is 86.9 cm³/mol. The molecule has 2 rings (SSSR count). The van der Waals surface area contributed by atoms with Gasteiger partial charge in [-0.3, -0.25) is 10.1 Å². The minimum absolute atomic E-state index is 0.368. The van der Waals surface area contributed by atoms with E-state index in [2.05, 4.69) is 20.8 Å². The van der Waals surface area contributed by atoms with Crippen LogP contribution >= 0.6 is 23.1 Å². The topological polar surface area (TPSA) is 88.9 Å². The van der Waals surface area contributed by atoms with Crippen LogP contribution in [0, 0.1) is 0 Å². The van der Waals surface area contributed by atoms with E-state index < -0.39 is 11.3 Å². The van der Waals surface area contributed by atoms with Crippen molar-refractivity contribution in [2.75, 3.05) is 7.05 Å². The highest BCUT2D eigenvalue weighted by Gasteiger charge is 2.21. The van der Waals surface area contributed by atoms with Crippen molar-refractivity contribution in [1.29, 1.82) is 0 Å². The number of imide groups is 1. The number of thioether (sulfide) groups is 1. The molecular formula is C13H17N5O2S2. The molecule has 7 nitrogen and oxygen atoms in total. The van der Waals surface area contributed by atoms with Crippen LogP contribution in [-0.4, -0.2) is 39.0 Å². The van der Waals surface area contributed by atoms with Crippen LogP contribution in [0.3, 0.4) is 0 Å². The summed E-state index contributed by atoms with van der Waals surface area (Å²) in [6, 6.07) is 3.42. The Balaban J connectivity index is 2.13. The predicted octanol–water partition coefficient (Wildman–Crippen LogP) is 1.96. The molecule has 0 aliphatic carbocycles. The molecule has 118 valence electrons. The van der Waals surface area contributed by atoms with Crippen LogP contribution in [0.25, 0.3) is 10.7 Å². The molecular weight excluding hydrogens is 322 g/mol. The Morgan fingerprint density at radius 2 is 2.23 bits per heavy atom. The third kappa shape index (κ3) is 3.66. The standard InChI is InChI=1S/C13H17N5O2S2/c1-4-18-10(9-6-5-7-21-9)16-17-13(18)22-8(2)11(19)15-12(20)14-3/h5-8H,4H2,1-3H3,(H2,14,15,19,20)/t8-/m0/s1. The maximum atomic E-state index is 11.9. The van der Waals surface area contributed by atoms with Crippen molar-refractivity contribution < 1.29 is 9.59 Å². The highest BCUT2D eigenvalue weighted by molar-refractivity contribution is 8.00. The number of amides is 3. The first kappa shape index (κ1) is 16.5. The molecule has 0 unspecified atom stereocenters. The summed E-state index contributed by atoms with van der Waals surface area (Å²) in [4.78, 5) is 24.1. The largest absolute Gasteiger partial charge is 0.341 e. The molecule has 2 N–H and O–H groups in total. The summed E-state index contributed by atoms with van der Waals surface area (Å²) in [6.07, 6.45) is 0.